The fourth-order valence-electron chi connectivity index (χ4n) is 2.67. The first-order chi connectivity index (χ1) is 10.1. The Morgan fingerprint density at radius 1 is 1.43 bits per heavy atom. The molecule has 5 heteroatoms. The maximum Gasteiger partial charge on any atom is 0.250 e. The van der Waals surface area contributed by atoms with Gasteiger partial charge in [-0.15, -0.1) is 0 Å². The molecule has 1 fully saturated rings. The first-order valence-corrected chi connectivity index (χ1v) is 7.08. The summed E-state index contributed by atoms with van der Waals surface area (Å²) in [5.41, 5.74) is 9.66. The van der Waals surface area contributed by atoms with E-state index < -0.39 is 5.91 Å². The number of rotatable bonds is 4. The van der Waals surface area contributed by atoms with E-state index in [2.05, 4.69) is 10.3 Å². The second-order valence-corrected chi connectivity index (χ2v) is 5.34. The number of carbonyl (C=O) groups excluding carboxylic acids is 1. The van der Waals surface area contributed by atoms with Crippen molar-refractivity contribution in [2.24, 2.45) is 5.73 Å². The van der Waals surface area contributed by atoms with E-state index in [1.807, 2.05) is 37.3 Å². The quantitative estimate of drug-likeness (QED) is 0.806. The number of benzene rings is 1. The van der Waals surface area contributed by atoms with Crippen LogP contribution in [0.4, 0.5) is 5.69 Å². The zero-order valence-corrected chi connectivity index (χ0v) is 12.0. The average molecular weight is 285 g/mol. The van der Waals surface area contributed by atoms with Crippen LogP contribution in [-0.4, -0.2) is 30.1 Å². The summed E-state index contributed by atoms with van der Waals surface area (Å²) in [7, 11) is 0. The second-order valence-electron chi connectivity index (χ2n) is 5.34. The first kappa shape index (κ1) is 13.7. The topological polar surface area (TPSA) is 80.1 Å². The SMILES string of the molecule is Cc1[nH]c(-c2ccccc2N[C@@H]2CCOC2)cc1C(N)=O. The Kier molecular flexibility index (Phi) is 3.66. The maximum atomic E-state index is 11.4. The van der Waals surface area contributed by atoms with E-state index in [1.165, 1.54) is 0 Å². The Bertz CT molecular complexity index is 657. The molecule has 2 heterocycles. The number of aromatic nitrogens is 1. The molecular formula is C16H19N3O2. The number of hydrogen-bond acceptors (Lipinski definition) is 3. The minimum Gasteiger partial charge on any atom is -0.379 e. The van der Waals surface area contributed by atoms with Gasteiger partial charge in [0, 0.05) is 29.2 Å². The predicted molar refractivity (Wildman–Crippen MR) is 82.3 cm³/mol. The number of aromatic amines is 1. The van der Waals surface area contributed by atoms with E-state index in [0.717, 1.165) is 42.3 Å². The first-order valence-electron chi connectivity index (χ1n) is 7.08. The van der Waals surface area contributed by atoms with Crippen molar-refractivity contribution in [1.29, 1.82) is 0 Å². The predicted octanol–water partition coefficient (Wildman–Crippen LogP) is 2.29. The number of nitrogens with one attached hydrogen (secondary N) is 2. The summed E-state index contributed by atoms with van der Waals surface area (Å²) in [5.74, 6) is -0.412. The average Bonchev–Trinajstić information content (AvgIpc) is 3.09. The standard InChI is InChI=1S/C16H19N3O2/c1-10-13(16(17)20)8-15(18-10)12-4-2-3-5-14(12)19-11-6-7-21-9-11/h2-5,8,11,18-19H,6-7,9H2,1H3,(H2,17,20)/t11-/m1/s1. The number of aryl methyl sites for hydroxylation is 1. The van der Waals surface area contributed by atoms with Crippen LogP contribution in [0.25, 0.3) is 11.3 Å². The van der Waals surface area contributed by atoms with Gasteiger partial charge in [0.25, 0.3) is 5.91 Å². The molecule has 1 atom stereocenters. The number of primary amides is 1. The van der Waals surface area contributed by atoms with Crippen molar-refractivity contribution in [2.45, 2.75) is 19.4 Å². The molecule has 0 spiro atoms. The number of para-hydroxylation sites is 1. The zero-order chi connectivity index (χ0) is 14.8. The van der Waals surface area contributed by atoms with Crippen molar-refractivity contribution in [1.82, 2.24) is 4.98 Å². The fraction of sp³-hybridized carbons (Fsp3) is 0.312. The molecular weight excluding hydrogens is 266 g/mol. The van der Waals surface area contributed by atoms with Crippen LogP contribution < -0.4 is 11.1 Å². The van der Waals surface area contributed by atoms with Gasteiger partial charge in [0.05, 0.1) is 18.2 Å². The van der Waals surface area contributed by atoms with E-state index in [1.54, 1.807) is 0 Å². The van der Waals surface area contributed by atoms with Gasteiger partial charge in [0.1, 0.15) is 0 Å². The number of amides is 1. The summed E-state index contributed by atoms with van der Waals surface area (Å²) in [6.45, 7) is 3.38. The number of carbonyl (C=O) groups is 1. The summed E-state index contributed by atoms with van der Waals surface area (Å²) < 4.78 is 5.40. The van der Waals surface area contributed by atoms with E-state index in [0.29, 0.717) is 11.6 Å². The van der Waals surface area contributed by atoms with Crippen LogP contribution in [0.5, 0.6) is 0 Å². The third-order valence-electron chi connectivity index (χ3n) is 3.79. The van der Waals surface area contributed by atoms with Crippen molar-refractivity contribution in [3.8, 4) is 11.3 Å². The molecule has 1 aromatic carbocycles. The number of H-pyrrole nitrogens is 1. The molecule has 0 aliphatic carbocycles. The van der Waals surface area contributed by atoms with Gasteiger partial charge in [-0.1, -0.05) is 18.2 Å². The van der Waals surface area contributed by atoms with Gasteiger partial charge < -0.3 is 20.8 Å². The van der Waals surface area contributed by atoms with Crippen molar-refractivity contribution in [3.63, 3.8) is 0 Å². The van der Waals surface area contributed by atoms with Crippen LogP contribution in [-0.2, 0) is 4.74 Å². The smallest absolute Gasteiger partial charge is 0.250 e. The molecule has 1 aromatic heterocycles. The monoisotopic (exact) mass is 285 g/mol. The van der Waals surface area contributed by atoms with Crippen molar-refractivity contribution >= 4 is 11.6 Å². The molecule has 110 valence electrons. The van der Waals surface area contributed by atoms with Crippen LogP contribution in [0.15, 0.2) is 30.3 Å². The molecule has 1 amide bonds. The van der Waals surface area contributed by atoms with E-state index in [9.17, 15) is 4.79 Å². The second kappa shape index (κ2) is 5.61. The Hall–Kier alpha value is -2.27. The van der Waals surface area contributed by atoms with Crippen molar-refractivity contribution in [2.75, 3.05) is 18.5 Å². The normalized spacial score (nSPS) is 17.9. The van der Waals surface area contributed by atoms with Crippen LogP contribution in [0.2, 0.25) is 0 Å². The molecule has 0 unspecified atom stereocenters. The molecule has 2 aromatic rings. The third kappa shape index (κ3) is 2.78. The molecule has 1 aliphatic rings. The summed E-state index contributed by atoms with van der Waals surface area (Å²) in [6.07, 6.45) is 1.00. The fourth-order valence-corrected chi connectivity index (χ4v) is 2.67. The van der Waals surface area contributed by atoms with Crippen molar-refractivity contribution < 1.29 is 9.53 Å². The number of ether oxygens (including phenoxy) is 1. The largest absolute Gasteiger partial charge is 0.379 e. The molecule has 21 heavy (non-hydrogen) atoms. The van der Waals surface area contributed by atoms with E-state index >= 15 is 0 Å². The highest BCUT2D eigenvalue weighted by molar-refractivity contribution is 5.96. The van der Waals surface area contributed by atoms with E-state index in [-0.39, 0.29) is 0 Å². The van der Waals surface area contributed by atoms with Crippen LogP contribution >= 0.6 is 0 Å². The molecule has 0 saturated carbocycles. The van der Waals surface area contributed by atoms with Gasteiger partial charge in [-0.2, -0.15) is 0 Å². The lowest BCUT2D eigenvalue weighted by molar-refractivity contribution is 0.1000. The Morgan fingerprint density at radius 2 is 2.24 bits per heavy atom. The van der Waals surface area contributed by atoms with Crippen molar-refractivity contribution in [3.05, 3.63) is 41.6 Å². The molecule has 0 radical (unpaired) electrons. The Morgan fingerprint density at radius 3 is 2.90 bits per heavy atom. The van der Waals surface area contributed by atoms with Gasteiger partial charge in [0.2, 0.25) is 0 Å². The lowest BCUT2D eigenvalue weighted by Gasteiger charge is -2.15. The molecule has 5 nitrogen and oxygen atoms in total. The summed E-state index contributed by atoms with van der Waals surface area (Å²) >= 11 is 0. The zero-order valence-electron chi connectivity index (χ0n) is 12.0. The number of hydrogen-bond donors (Lipinski definition) is 3. The molecule has 4 N–H and O–H groups in total. The minimum atomic E-state index is -0.412. The van der Waals surface area contributed by atoms with Crippen LogP contribution in [0.3, 0.4) is 0 Å². The highest BCUT2D eigenvalue weighted by Gasteiger charge is 2.18. The molecule has 0 bridgehead atoms. The lowest BCUT2D eigenvalue weighted by Crippen LogP contribution is -2.19. The van der Waals surface area contributed by atoms with Gasteiger partial charge in [-0.05, 0) is 25.5 Å². The van der Waals surface area contributed by atoms with Gasteiger partial charge in [0.15, 0.2) is 0 Å². The van der Waals surface area contributed by atoms with Gasteiger partial charge >= 0.3 is 0 Å². The molecule has 1 aliphatic heterocycles. The number of nitrogens with two attached hydrogens (primary N) is 1. The van der Waals surface area contributed by atoms with Crippen LogP contribution in [0, 0.1) is 6.92 Å². The number of anilines is 1. The van der Waals surface area contributed by atoms with Gasteiger partial charge in [-0.25, -0.2) is 0 Å². The highest BCUT2D eigenvalue weighted by Crippen LogP contribution is 2.29. The molecule has 3 rings (SSSR count). The Labute approximate surface area is 123 Å². The molecule has 1 saturated heterocycles. The Balaban J connectivity index is 1.94. The highest BCUT2D eigenvalue weighted by atomic mass is 16.5. The summed E-state index contributed by atoms with van der Waals surface area (Å²) in [5, 5.41) is 3.50. The van der Waals surface area contributed by atoms with Gasteiger partial charge in [-0.3, -0.25) is 4.79 Å². The lowest BCUT2D eigenvalue weighted by atomic mass is 10.1. The summed E-state index contributed by atoms with van der Waals surface area (Å²) in [4.78, 5) is 14.6. The third-order valence-corrected chi connectivity index (χ3v) is 3.79. The summed E-state index contributed by atoms with van der Waals surface area (Å²) in [6, 6.07) is 10.2. The minimum absolute atomic E-state index is 0.331. The van der Waals surface area contributed by atoms with E-state index in [4.69, 9.17) is 10.5 Å². The van der Waals surface area contributed by atoms with Crippen LogP contribution in [0.1, 0.15) is 22.5 Å². The maximum absolute atomic E-state index is 11.4.